The molecule has 24 heavy (non-hydrogen) atoms. The van der Waals surface area contributed by atoms with Crippen LogP contribution in [0.4, 0.5) is 5.88 Å². The molecule has 0 aliphatic rings. The number of carbonyl (C=O) groups is 1. The third-order valence-electron chi connectivity index (χ3n) is 3.26. The number of benzene rings is 2. The summed E-state index contributed by atoms with van der Waals surface area (Å²) in [4.78, 5) is 12.2. The van der Waals surface area contributed by atoms with E-state index in [9.17, 15) is 10.1 Å². The standard InChI is InChI=1S/C17H9BrClN3O2/c18-12-5-1-10(2-6-12)15-14(9-20)17(24-22-15)21-16(23)11-3-7-13(19)8-4-11/h1-8H,(H,21,23). The van der Waals surface area contributed by atoms with E-state index in [-0.39, 0.29) is 11.4 Å². The first-order valence-electron chi connectivity index (χ1n) is 6.81. The first-order valence-corrected chi connectivity index (χ1v) is 7.98. The van der Waals surface area contributed by atoms with Crippen LogP contribution in [0.2, 0.25) is 5.02 Å². The highest BCUT2D eigenvalue weighted by atomic mass is 79.9. The normalized spacial score (nSPS) is 10.2. The van der Waals surface area contributed by atoms with Crippen molar-refractivity contribution in [2.75, 3.05) is 5.32 Å². The van der Waals surface area contributed by atoms with E-state index < -0.39 is 5.91 Å². The Balaban J connectivity index is 1.89. The number of hydrogen-bond acceptors (Lipinski definition) is 4. The van der Waals surface area contributed by atoms with Crippen LogP contribution in [0.1, 0.15) is 15.9 Å². The summed E-state index contributed by atoms with van der Waals surface area (Å²) in [6.45, 7) is 0. The molecular weight excluding hydrogens is 394 g/mol. The molecule has 7 heteroatoms. The number of amides is 1. The molecule has 0 spiro atoms. The van der Waals surface area contributed by atoms with Crippen LogP contribution >= 0.6 is 27.5 Å². The van der Waals surface area contributed by atoms with Crippen LogP contribution in [0.5, 0.6) is 0 Å². The van der Waals surface area contributed by atoms with Crippen molar-refractivity contribution in [3.8, 4) is 17.3 Å². The molecule has 1 amide bonds. The smallest absolute Gasteiger partial charge is 0.258 e. The summed E-state index contributed by atoms with van der Waals surface area (Å²) in [6.07, 6.45) is 0. The molecule has 0 bridgehead atoms. The molecule has 0 aliphatic carbocycles. The van der Waals surface area contributed by atoms with Crippen LogP contribution in [-0.4, -0.2) is 11.1 Å². The Bertz CT molecular complexity index is 928. The lowest BCUT2D eigenvalue weighted by molar-refractivity contribution is 0.102. The number of aromatic nitrogens is 1. The third-order valence-corrected chi connectivity index (χ3v) is 4.04. The third kappa shape index (κ3) is 3.32. The Morgan fingerprint density at radius 3 is 2.46 bits per heavy atom. The van der Waals surface area contributed by atoms with Gasteiger partial charge in [-0.2, -0.15) is 5.26 Å². The van der Waals surface area contributed by atoms with E-state index in [4.69, 9.17) is 16.1 Å². The second-order valence-electron chi connectivity index (χ2n) is 4.82. The van der Waals surface area contributed by atoms with Gasteiger partial charge in [0.2, 0.25) is 5.88 Å². The van der Waals surface area contributed by atoms with Gasteiger partial charge in [0.05, 0.1) is 0 Å². The Hall–Kier alpha value is -2.62. The average molecular weight is 403 g/mol. The van der Waals surface area contributed by atoms with Gasteiger partial charge in [0, 0.05) is 20.6 Å². The van der Waals surface area contributed by atoms with Gasteiger partial charge in [0.25, 0.3) is 5.91 Å². The van der Waals surface area contributed by atoms with Crippen molar-refractivity contribution in [3.63, 3.8) is 0 Å². The maximum Gasteiger partial charge on any atom is 0.258 e. The van der Waals surface area contributed by atoms with Gasteiger partial charge in [0.1, 0.15) is 17.3 Å². The lowest BCUT2D eigenvalue weighted by Gasteiger charge is -2.02. The molecule has 1 N–H and O–H groups in total. The minimum Gasteiger partial charge on any atom is -0.336 e. The molecular formula is C17H9BrClN3O2. The summed E-state index contributed by atoms with van der Waals surface area (Å²) in [6, 6.07) is 15.6. The lowest BCUT2D eigenvalue weighted by Crippen LogP contribution is -2.11. The van der Waals surface area contributed by atoms with Gasteiger partial charge < -0.3 is 4.52 Å². The largest absolute Gasteiger partial charge is 0.336 e. The number of nitrogens with one attached hydrogen (secondary N) is 1. The van der Waals surface area contributed by atoms with Gasteiger partial charge >= 0.3 is 0 Å². The molecule has 0 fully saturated rings. The number of halogens is 2. The molecule has 0 aliphatic heterocycles. The van der Waals surface area contributed by atoms with Crippen molar-refractivity contribution in [3.05, 3.63) is 69.2 Å². The molecule has 0 atom stereocenters. The number of carbonyl (C=O) groups excluding carboxylic acids is 1. The zero-order chi connectivity index (χ0) is 17.1. The monoisotopic (exact) mass is 401 g/mol. The first-order chi connectivity index (χ1) is 11.6. The average Bonchev–Trinajstić information content (AvgIpc) is 2.98. The SMILES string of the molecule is N#Cc1c(-c2ccc(Br)cc2)noc1NC(=O)c1ccc(Cl)cc1. The molecule has 3 aromatic rings. The minimum absolute atomic E-state index is 0.00960. The van der Waals surface area contributed by atoms with Crippen molar-refractivity contribution < 1.29 is 9.32 Å². The molecule has 118 valence electrons. The van der Waals surface area contributed by atoms with Crippen LogP contribution in [0.3, 0.4) is 0 Å². The topological polar surface area (TPSA) is 78.9 Å². The molecule has 5 nitrogen and oxygen atoms in total. The number of anilines is 1. The summed E-state index contributed by atoms with van der Waals surface area (Å²) in [5, 5.41) is 16.4. The molecule has 1 heterocycles. The maximum absolute atomic E-state index is 12.2. The summed E-state index contributed by atoms with van der Waals surface area (Å²) >= 11 is 9.15. The molecule has 0 radical (unpaired) electrons. The van der Waals surface area contributed by atoms with E-state index in [1.165, 1.54) is 0 Å². The number of hydrogen-bond donors (Lipinski definition) is 1. The molecule has 2 aromatic carbocycles. The van der Waals surface area contributed by atoms with E-state index in [2.05, 4.69) is 26.4 Å². The fourth-order valence-electron chi connectivity index (χ4n) is 2.06. The van der Waals surface area contributed by atoms with Gasteiger partial charge in [-0.1, -0.05) is 44.8 Å². The van der Waals surface area contributed by atoms with Crippen LogP contribution < -0.4 is 5.32 Å². The molecule has 0 unspecified atom stereocenters. The van der Waals surface area contributed by atoms with Gasteiger partial charge in [0.15, 0.2) is 0 Å². The Labute approximate surface area is 151 Å². The molecule has 3 rings (SSSR count). The Morgan fingerprint density at radius 2 is 1.83 bits per heavy atom. The molecule has 1 aromatic heterocycles. The fraction of sp³-hybridized carbons (Fsp3) is 0. The van der Waals surface area contributed by atoms with Crippen molar-refractivity contribution in [2.45, 2.75) is 0 Å². The first kappa shape index (κ1) is 16.2. The predicted molar refractivity (Wildman–Crippen MR) is 93.8 cm³/mol. The molecule has 0 saturated heterocycles. The highest BCUT2D eigenvalue weighted by Gasteiger charge is 2.20. The summed E-state index contributed by atoms with van der Waals surface area (Å²) < 4.78 is 6.05. The quantitative estimate of drug-likeness (QED) is 0.677. The van der Waals surface area contributed by atoms with Gasteiger partial charge in [-0.3, -0.25) is 10.1 Å². The summed E-state index contributed by atoms with van der Waals surface area (Å²) in [5.41, 5.74) is 1.64. The summed E-state index contributed by atoms with van der Waals surface area (Å²) in [7, 11) is 0. The van der Waals surface area contributed by atoms with Crippen LogP contribution in [-0.2, 0) is 0 Å². The van der Waals surface area contributed by atoms with Crippen molar-refractivity contribution in [2.24, 2.45) is 0 Å². The second kappa shape index (κ2) is 6.87. The van der Waals surface area contributed by atoms with Crippen LogP contribution in [0, 0.1) is 11.3 Å². The van der Waals surface area contributed by atoms with Gasteiger partial charge in [-0.15, -0.1) is 0 Å². The Kier molecular flexibility index (Phi) is 4.65. The van der Waals surface area contributed by atoms with Crippen LogP contribution in [0.15, 0.2) is 57.5 Å². The zero-order valence-corrected chi connectivity index (χ0v) is 14.4. The number of nitriles is 1. The van der Waals surface area contributed by atoms with E-state index in [1.807, 2.05) is 18.2 Å². The maximum atomic E-state index is 12.2. The predicted octanol–water partition coefficient (Wildman–Crippen LogP) is 4.88. The fourth-order valence-corrected chi connectivity index (χ4v) is 2.45. The second-order valence-corrected chi connectivity index (χ2v) is 6.17. The van der Waals surface area contributed by atoms with Crippen molar-refractivity contribution in [1.82, 2.24) is 5.16 Å². The lowest BCUT2D eigenvalue weighted by atomic mass is 10.1. The van der Waals surface area contributed by atoms with E-state index in [0.29, 0.717) is 21.8 Å². The Morgan fingerprint density at radius 1 is 1.17 bits per heavy atom. The van der Waals surface area contributed by atoms with E-state index >= 15 is 0 Å². The van der Waals surface area contributed by atoms with Crippen molar-refractivity contribution >= 4 is 39.3 Å². The van der Waals surface area contributed by atoms with Gasteiger partial charge in [-0.05, 0) is 36.4 Å². The van der Waals surface area contributed by atoms with Crippen molar-refractivity contribution in [1.29, 1.82) is 5.26 Å². The number of nitrogens with zero attached hydrogens (tertiary/aromatic N) is 2. The summed E-state index contributed by atoms with van der Waals surface area (Å²) in [5.74, 6) is -0.406. The van der Waals surface area contributed by atoms with E-state index in [0.717, 1.165) is 4.47 Å². The zero-order valence-electron chi connectivity index (χ0n) is 12.1. The minimum atomic E-state index is -0.415. The van der Waals surface area contributed by atoms with Gasteiger partial charge in [-0.25, -0.2) is 0 Å². The number of rotatable bonds is 3. The van der Waals surface area contributed by atoms with E-state index in [1.54, 1.807) is 36.4 Å². The highest BCUT2D eigenvalue weighted by Crippen LogP contribution is 2.29. The molecule has 0 saturated carbocycles. The van der Waals surface area contributed by atoms with Crippen LogP contribution in [0.25, 0.3) is 11.3 Å². The highest BCUT2D eigenvalue weighted by molar-refractivity contribution is 9.10.